The number of hydrogen-bond acceptors (Lipinski definition) is 5. The highest BCUT2D eigenvalue weighted by molar-refractivity contribution is 5.93. The number of benzene rings is 2. The molecule has 0 radical (unpaired) electrons. The van der Waals surface area contributed by atoms with Gasteiger partial charge in [0.05, 0.1) is 6.04 Å². The lowest BCUT2D eigenvalue weighted by Crippen LogP contribution is -2.30. The molecule has 0 unspecified atom stereocenters. The van der Waals surface area contributed by atoms with Gasteiger partial charge < -0.3 is 18.9 Å². The quantitative estimate of drug-likeness (QED) is 0.682. The van der Waals surface area contributed by atoms with Crippen LogP contribution >= 0.6 is 0 Å². The number of likely N-dealkylation sites (tertiary alicyclic amines) is 1. The van der Waals surface area contributed by atoms with Crippen LogP contribution in [0, 0.1) is 5.82 Å². The lowest BCUT2D eigenvalue weighted by molar-refractivity contribution is 0.0725. The zero-order chi connectivity index (χ0) is 19.1. The monoisotopic (exact) mass is 380 g/mol. The maximum atomic E-state index is 13.2. The zero-order valence-electron chi connectivity index (χ0n) is 14.9. The van der Waals surface area contributed by atoms with E-state index in [4.69, 9.17) is 14.0 Å². The van der Waals surface area contributed by atoms with Crippen molar-refractivity contribution in [3.63, 3.8) is 0 Å². The van der Waals surface area contributed by atoms with E-state index >= 15 is 0 Å². The summed E-state index contributed by atoms with van der Waals surface area (Å²) >= 11 is 0. The van der Waals surface area contributed by atoms with Gasteiger partial charge in [-0.05, 0) is 48.7 Å². The summed E-state index contributed by atoms with van der Waals surface area (Å²) in [7, 11) is 0. The Kier molecular flexibility index (Phi) is 4.00. The van der Waals surface area contributed by atoms with Crippen LogP contribution in [0.1, 0.15) is 34.9 Å². The van der Waals surface area contributed by atoms with Crippen molar-refractivity contribution in [2.45, 2.75) is 18.9 Å². The molecule has 0 aliphatic carbocycles. The third-order valence-electron chi connectivity index (χ3n) is 5.15. The van der Waals surface area contributed by atoms with E-state index in [1.165, 1.54) is 12.1 Å². The van der Waals surface area contributed by atoms with Crippen molar-refractivity contribution in [3.8, 4) is 22.8 Å². The predicted octanol–water partition coefficient (Wildman–Crippen LogP) is 4.19. The number of rotatable bonds is 3. The lowest BCUT2D eigenvalue weighted by atomic mass is 10.0. The third kappa shape index (κ3) is 2.89. The van der Waals surface area contributed by atoms with Crippen molar-refractivity contribution in [1.82, 2.24) is 10.1 Å². The number of ether oxygens (including phenoxy) is 2. The van der Waals surface area contributed by atoms with Crippen LogP contribution in [0.3, 0.4) is 0 Å². The van der Waals surface area contributed by atoms with Crippen molar-refractivity contribution in [1.29, 1.82) is 0 Å². The van der Waals surface area contributed by atoms with Crippen LogP contribution in [-0.4, -0.2) is 29.3 Å². The van der Waals surface area contributed by atoms with E-state index in [0.29, 0.717) is 23.8 Å². The number of fused-ring (bicyclic) bond motifs is 1. The minimum Gasteiger partial charge on any atom is -0.454 e. The van der Waals surface area contributed by atoms with E-state index in [0.717, 1.165) is 24.0 Å². The number of aromatic nitrogens is 1. The molecular formula is C21H17FN2O4. The summed E-state index contributed by atoms with van der Waals surface area (Å²) in [5.74, 6) is 1.32. The summed E-state index contributed by atoms with van der Waals surface area (Å²) in [4.78, 5) is 14.8. The molecular weight excluding hydrogens is 363 g/mol. The topological polar surface area (TPSA) is 64.8 Å². The van der Waals surface area contributed by atoms with Gasteiger partial charge in [-0.2, -0.15) is 0 Å². The van der Waals surface area contributed by atoms with E-state index < -0.39 is 0 Å². The summed E-state index contributed by atoms with van der Waals surface area (Å²) in [5.41, 5.74) is 1.93. The molecule has 1 aromatic heterocycles. The first-order chi connectivity index (χ1) is 13.7. The van der Waals surface area contributed by atoms with Crippen molar-refractivity contribution < 1.29 is 23.2 Å². The van der Waals surface area contributed by atoms with Gasteiger partial charge in [-0.25, -0.2) is 4.39 Å². The maximum absolute atomic E-state index is 13.2. The number of carbonyl (C=O) groups is 1. The molecule has 2 aromatic carbocycles. The lowest BCUT2D eigenvalue weighted by Gasteiger charge is -2.24. The van der Waals surface area contributed by atoms with Gasteiger partial charge in [0.2, 0.25) is 6.79 Å². The van der Waals surface area contributed by atoms with Crippen molar-refractivity contribution in [3.05, 3.63) is 65.6 Å². The molecule has 0 bridgehead atoms. The Labute approximate surface area is 160 Å². The molecule has 3 aromatic rings. The minimum atomic E-state index is -0.288. The average Bonchev–Trinajstić information content (AvgIpc) is 3.47. The molecule has 5 rings (SSSR count). The summed E-state index contributed by atoms with van der Waals surface area (Å²) in [6.45, 7) is 0.825. The first kappa shape index (κ1) is 16.8. The fourth-order valence-corrected chi connectivity index (χ4v) is 3.75. The SMILES string of the molecule is O=C(c1cc(-c2ccc3c(c2)OCO3)on1)N1CCC[C@H]1c1ccc(F)cc1. The van der Waals surface area contributed by atoms with Crippen LogP contribution < -0.4 is 9.47 Å². The number of amides is 1. The fourth-order valence-electron chi connectivity index (χ4n) is 3.75. The Morgan fingerprint density at radius 3 is 2.75 bits per heavy atom. The summed E-state index contributed by atoms with van der Waals surface area (Å²) in [5, 5.41) is 3.97. The van der Waals surface area contributed by atoms with Gasteiger partial charge in [-0.15, -0.1) is 0 Å². The van der Waals surface area contributed by atoms with Crippen LogP contribution in [0.25, 0.3) is 11.3 Å². The summed E-state index contributed by atoms with van der Waals surface area (Å²) in [6, 6.07) is 13.3. The van der Waals surface area contributed by atoms with Crippen LogP contribution in [0.2, 0.25) is 0 Å². The number of nitrogens with zero attached hydrogens (tertiary/aromatic N) is 2. The molecule has 1 fully saturated rings. The molecule has 2 aliphatic rings. The van der Waals surface area contributed by atoms with E-state index in [9.17, 15) is 9.18 Å². The largest absolute Gasteiger partial charge is 0.454 e. The number of hydrogen-bond donors (Lipinski definition) is 0. The van der Waals surface area contributed by atoms with Gasteiger partial charge >= 0.3 is 0 Å². The zero-order valence-corrected chi connectivity index (χ0v) is 14.9. The van der Waals surface area contributed by atoms with Crippen LogP contribution in [0.5, 0.6) is 11.5 Å². The van der Waals surface area contributed by atoms with Crippen molar-refractivity contribution in [2.75, 3.05) is 13.3 Å². The molecule has 142 valence electrons. The molecule has 28 heavy (non-hydrogen) atoms. The highest BCUT2D eigenvalue weighted by Crippen LogP contribution is 2.37. The third-order valence-corrected chi connectivity index (χ3v) is 5.15. The molecule has 6 nitrogen and oxygen atoms in total. The normalized spacial score (nSPS) is 17.9. The predicted molar refractivity (Wildman–Crippen MR) is 97.5 cm³/mol. The molecule has 0 N–H and O–H groups in total. The van der Waals surface area contributed by atoms with Crippen LogP contribution in [-0.2, 0) is 0 Å². The van der Waals surface area contributed by atoms with Gasteiger partial charge in [0, 0.05) is 18.2 Å². The molecule has 0 spiro atoms. The van der Waals surface area contributed by atoms with Gasteiger partial charge in [0.15, 0.2) is 23.0 Å². The Hall–Kier alpha value is -3.35. The number of halogens is 1. The Bertz CT molecular complexity index is 1030. The standard InChI is InChI=1S/C21H17FN2O4/c22-15-6-3-13(4-7-15)17-2-1-9-24(17)21(25)16-11-19(28-23-16)14-5-8-18-20(10-14)27-12-26-18/h3-8,10-11,17H,1-2,9,12H2/t17-/m0/s1. The van der Waals surface area contributed by atoms with Gasteiger partial charge in [-0.3, -0.25) is 4.79 Å². The minimum absolute atomic E-state index is 0.0845. The van der Waals surface area contributed by atoms with E-state index in [1.54, 1.807) is 35.2 Å². The van der Waals surface area contributed by atoms with E-state index in [2.05, 4.69) is 5.16 Å². The second kappa shape index (κ2) is 6.67. The van der Waals surface area contributed by atoms with Crippen LogP contribution in [0.4, 0.5) is 4.39 Å². The molecule has 7 heteroatoms. The second-order valence-corrected chi connectivity index (χ2v) is 6.85. The van der Waals surface area contributed by atoms with Gasteiger partial charge in [-0.1, -0.05) is 17.3 Å². The Morgan fingerprint density at radius 2 is 1.89 bits per heavy atom. The summed E-state index contributed by atoms with van der Waals surface area (Å²) in [6.07, 6.45) is 1.73. The average molecular weight is 380 g/mol. The molecule has 3 heterocycles. The van der Waals surface area contributed by atoms with Crippen molar-refractivity contribution >= 4 is 5.91 Å². The highest BCUT2D eigenvalue weighted by Gasteiger charge is 2.32. The van der Waals surface area contributed by atoms with E-state index in [1.807, 2.05) is 6.07 Å². The molecule has 0 saturated carbocycles. The Morgan fingerprint density at radius 1 is 1.07 bits per heavy atom. The molecule has 1 amide bonds. The summed E-state index contributed by atoms with van der Waals surface area (Å²) < 4.78 is 29.3. The van der Waals surface area contributed by atoms with Crippen LogP contribution in [0.15, 0.2) is 53.1 Å². The molecule has 2 aliphatic heterocycles. The molecule has 1 atom stereocenters. The number of carbonyl (C=O) groups excluding carboxylic acids is 1. The first-order valence-corrected chi connectivity index (χ1v) is 9.12. The maximum Gasteiger partial charge on any atom is 0.276 e. The van der Waals surface area contributed by atoms with Gasteiger partial charge in [0.25, 0.3) is 5.91 Å². The Balaban J connectivity index is 1.39. The molecule has 1 saturated heterocycles. The van der Waals surface area contributed by atoms with Crippen molar-refractivity contribution in [2.24, 2.45) is 0 Å². The fraction of sp³-hybridized carbons (Fsp3) is 0.238. The highest BCUT2D eigenvalue weighted by atomic mass is 19.1. The van der Waals surface area contributed by atoms with Gasteiger partial charge in [0.1, 0.15) is 5.82 Å². The van der Waals surface area contributed by atoms with E-state index in [-0.39, 0.29) is 30.3 Å². The smallest absolute Gasteiger partial charge is 0.276 e. The first-order valence-electron chi connectivity index (χ1n) is 9.12. The second-order valence-electron chi connectivity index (χ2n) is 6.85.